The largest absolute Gasteiger partial charge is 0.387 e. The van der Waals surface area contributed by atoms with Crippen LogP contribution in [0.2, 0.25) is 0 Å². The topological polar surface area (TPSA) is 46.0 Å². The van der Waals surface area contributed by atoms with E-state index in [1.54, 1.807) is 11.3 Å². The summed E-state index contributed by atoms with van der Waals surface area (Å²) in [7, 11) is 0. The van der Waals surface area contributed by atoms with Crippen LogP contribution in [0.5, 0.6) is 0 Å². The number of aliphatic hydroxyl groups is 1. The van der Waals surface area contributed by atoms with Gasteiger partial charge in [0.05, 0.1) is 27.2 Å². The number of fused-ring (bicyclic) bond motifs is 1. The first-order valence-electron chi connectivity index (χ1n) is 6.60. The van der Waals surface area contributed by atoms with Crippen LogP contribution in [0, 0.1) is 13.8 Å². The molecule has 0 bridgehead atoms. The van der Waals surface area contributed by atoms with E-state index in [4.69, 9.17) is 0 Å². The molecule has 1 N–H and O–H groups in total. The molecular weight excluding hydrogens is 268 g/mol. The minimum absolute atomic E-state index is 0.521. The molecule has 4 heteroatoms. The van der Waals surface area contributed by atoms with E-state index < -0.39 is 6.10 Å². The standard InChI is InChI=1S/C16H16N2OS/c1-10-16(20-11(2)17-10)15(19)9-13-8-7-12-5-3-4-6-14(12)18-13/h3-8,15,19H,9H2,1-2H3. The van der Waals surface area contributed by atoms with Crippen molar-refractivity contribution < 1.29 is 5.11 Å². The number of para-hydroxylation sites is 1. The number of hydrogen-bond acceptors (Lipinski definition) is 4. The van der Waals surface area contributed by atoms with Gasteiger partial charge in [0.2, 0.25) is 0 Å². The maximum absolute atomic E-state index is 10.4. The van der Waals surface area contributed by atoms with E-state index in [1.165, 1.54) is 0 Å². The van der Waals surface area contributed by atoms with E-state index in [0.717, 1.165) is 32.2 Å². The molecule has 2 aromatic heterocycles. The second kappa shape index (κ2) is 5.31. The summed E-state index contributed by atoms with van der Waals surface area (Å²) in [6, 6.07) is 12.0. The molecule has 2 heterocycles. The van der Waals surface area contributed by atoms with Crippen molar-refractivity contribution >= 4 is 22.2 Å². The van der Waals surface area contributed by atoms with Crippen molar-refractivity contribution in [3.05, 3.63) is 57.7 Å². The van der Waals surface area contributed by atoms with Crippen molar-refractivity contribution in [3.63, 3.8) is 0 Å². The third-order valence-electron chi connectivity index (χ3n) is 3.30. The van der Waals surface area contributed by atoms with Gasteiger partial charge in [-0.25, -0.2) is 4.98 Å². The molecule has 0 aliphatic carbocycles. The third-order valence-corrected chi connectivity index (χ3v) is 4.47. The van der Waals surface area contributed by atoms with Crippen LogP contribution in [0.15, 0.2) is 36.4 Å². The van der Waals surface area contributed by atoms with Gasteiger partial charge in [0, 0.05) is 17.5 Å². The van der Waals surface area contributed by atoms with Crippen LogP contribution < -0.4 is 0 Å². The predicted octanol–water partition coefficient (Wildman–Crippen LogP) is 3.58. The number of pyridine rings is 1. The Kier molecular flexibility index (Phi) is 3.51. The van der Waals surface area contributed by atoms with E-state index in [0.29, 0.717) is 6.42 Å². The minimum Gasteiger partial charge on any atom is -0.387 e. The van der Waals surface area contributed by atoms with Gasteiger partial charge >= 0.3 is 0 Å². The second-order valence-corrected chi connectivity index (χ2v) is 6.13. The molecule has 3 aromatic rings. The Bertz CT molecular complexity index is 751. The molecule has 0 aliphatic rings. The SMILES string of the molecule is Cc1nc(C)c(C(O)Cc2ccc3ccccc3n2)s1. The third kappa shape index (κ3) is 2.57. The zero-order chi connectivity index (χ0) is 14.1. The fraction of sp³-hybridized carbons (Fsp3) is 0.250. The highest BCUT2D eigenvalue weighted by Gasteiger charge is 2.16. The molecule has 1 atom stereocenters. The highest BCUT2D eigenvalue weighted by molar-refractivity contribution is 7.11. The van der Waals surface area contributed by atoms with E-state index in [-0.39, 0.29) is 0 Å². The normalized spacial score (nSPS) is 12.8. The Balaban J connectivity index is 1.87. The lowest BCUT2D eigenvalue weighted by atomic mass is 10.1. The van der Waals surface area contributed by atoms with Crippen molar-refractivity contribution in [2.24, 2.45) is 0 Å². The van der Waals surface area contributed by atoms with Crippen molar-refractivity contribution in [2.75, 3.05) is 0 Å². The molecule has 0 spiro atoms. The quantitative estimate of drug-likeness (QED) is 0.799. The number of aryl methyl sites for hydroxylation is 2. The number of rotatable bonds is 3. The molecule has 0 saturated carbocycles. The van der Waals surface area contributed by atoms with Gasteiger partial charge in [-0.3, -0.25) is 4.98 Å². The van der Waals surface area contributed by atoms with Crippen LogP contribution in [0.1, 0.15) is 27.4 Å². The summed E-state index contributed by atoms with van der Waals surface area (Å²) in [6.45, 7) is 3.90. The van der Waals surface area contributed by atoms with Gasteiger partial charge in [0.1, 0.15) is 0 Å². The first kappa shape index (κ1) is 13.2. The molecule has 0 aliphatic heterocycles. The number of hydrogen-bond donors (Lipinski definition) is 1. The lowest BCUT2D eigenvalue weighted by Gasteiger charge is -2.09. The summed E-state index contributed by atoms with van der Waals surface area (Å²) < 4.78 is 0. The van der Waals surface area contributed by atoms with Crippen LogP contribution >= 0.6 is 11.3 Å². The summed E-state index contributed by atoms with van der Waals surface area (Å²) in [4.78, 5) is 9.91. The molecule has 0 radical (unpaired) electrons. The van der Waals surface area contributed by atoms with Crippen LogP contribution in [0.4, 0.5) is 0 Å². The predicted molar refractivity (Wildman–Crippen MR) is 82.0 cm³/mol. The van der Waals surface area contributed by atoms with Gasteiger partial charge in [-0.1, -0.05) is 24.3 Å². The fourth-order valence-electron chi connectivity index (χ4n) is 2.37. The first-order chi connectivity index (χ1) is 9.63. The van der Waals surface area contributed by atoms with Crippen LogP contribution in [-0.2, 0) is 6.42 Å². The van der Waals surface area contributed by atoms with E-state index in [1.807, 2.05) is 44.2 Å². The summed E-state index contributed by atoms with van der Waals surface area (Å²) in [5.74, 6) is 0. The fourth-order valence-corrected chi connectivity index (χ4v) is 3.28. The Hall–Kier alpha value is -1.78. The number of aromatic nitrogens is 2. The second-order valence-electron chi connectivity index (χ2n) is 4.90. The van der Waals surface area contributed by atoms with E-state index in [9.17, 15) is 5.11 Å². The van der Waals surface area contributed by atoms with Gasteiger partial charge in [0.15, 0.2) is 0 Å². The lowest BCUT2D eigenvalue weighted by molar-refractivity contribution is 0.180. The molecular formula is C16H16N2OS. The Labute approximate surface area is 122 Å². The summed E-state index contributed by atoms with van der Waals surface area (Å²) in [5, 5.41) is 12.5. The van der Waals surface area contributed by atoms with Crippen molar-refractivity contribution in [1.82, 2.24) is 9.97 Å². The molecule has 0 fully saturated rings. The van der Waals surface area contributed by atoms with Gasteiger partial charge in [0.25, 0.3) is 0 Å². The number of aliphatic hydroxyl groups excluding tert-OH is 1. The first-order valence-corrected chi connectivity index (χ1v) is 7.42. The van der Waals surface area contributed by atoms with E-state index >= 15 is 0 Å². The van der Waals surface area contributed by atoms with Gasteiger partial charge in [-0.2, -0.15) is 0 Å². The number of thiazole rings is 1. The van der Waals surface area contributed by atoms with Crippen molar-refractivity contribution in [2.45, 2.75) is 26.4 Å². The molecule has 1 aromatic carbocycles. The molecule has 0 amide bonds. The maximum Gasteiger partial charge on any atom is 0.0956 e. The molecule has 20 heavy (non-hydrogen) atoms. The average molecular weight is 284 g/mol. The molecule has 0 saturated heterocycles. The summed E-state index contributed by atoms with van der Waals surface area (Å²) in [5.41, 5.74) is 2.79. The van der Waals surface area contributed by atoms with Crippen LogP contribution in [0.25, 0.3) is 10.9 Å². The average Bonchev–Trinajstić information content (AvgIpc) is 2.78. The monoisotopic (exact) mass is 284 g/mol. The number of benzene rings is 1. The highest BCUT2D eigenvalue weighted by Crippen LogP contribution is 2.27. The lowest BCUT2D eigenvalue weighted by Crippen LogP contribution is -2.03. The van der Waals surface area contributed by atoms with Crippen molar-refractivity contribution in [1.29, 1.82) is 0 Å². The molecule has 3 nitrogen and oxygen atoms in total. The number of nitrogens with zero attached hydrogens (tertiary/aromatic N) is 2. The maximum atomic E-state index is 10.4. The van der Waals surface area contributed by atoms with Gasteiger partial charge < -0.3 is 5.11 Å². The zero-order valence-corrected chi connectivity index (χ0v) is 12.3. The zero-order valence-electron chi connectivity index (χ0n) is 11.5. The Morgan fingerprint density at radius 3 is 2.65 bits per heavy atom. The van der Waals surface area contributed by atoms with Gasteiger partial charge in [-0.05, 0) is 26.0 Å². The molecule has 3 rings (SSSR count). The summed E-state index contributed by atoms with van der Waals surface area (Å²) in [6.07, 6.45) is -0.0114. The van der Waals surface area contributed by atoms with Gasteiger partial charge in [-0.15, -0.1) is 11.3 Å². The molecule has 1 unspecified atom stereocenters. The Morgan fingerprint density at radius 2 is 1.90 bits per heavy atom. The van der Waals surface area contributed by atoms with Crippen LogP contribution in [0.3, 0.4) is 0 Å². The van der Waals surface area contributed by atoms with E-state index in [2.05, 4.69) is 16.0 Å². The minimum atomic E-state index is -0.533. The van der Waals surface area contributed by atoms with Crippen molar-refractivity contribution in [3.8, 4) is 0 Å². The smallest absolute Gasteiger partial charge is 0.0956 e. The Morgan fingerprint density at radius 1 is 1.10 bits per heavy atom. The van der Waals surface area contributed by atoms with Crippen LogP contribution in [-0.4, -0.2) is 15.1 Å². The molecule has 102 valence electrons. The highest BCUT2D eigenvalue weighted by atomic mass is 32.1. The summed E-state index contributed by atoms with van der Waals surface area (Å²) >= 11 is 1.56.